The van der Waals surface area contributed by atoms with Gasteiger partial charge in [-0.2, -0.15) is 0 Å². The molecule has 1 N–H and O–H groups in total. The number of piperidine rings is 1. The highest BCUT2D eigenvalue weighted by atomic mass is 16.2. The number of nitrogens with one attached hydrogen (secondary N) is 1. The van der Waals surface area contributed by atoms with Crippen LogP contribution in [0.1, 0.15) is 58.8 Å². The van der Waals surface area contributed by atoms with Crippen LogP contribution in [0.2, 0.25) is 0 Å². The van der Waals surface area contributed by atoms with Gasteiger partial charge < -0.3 is 10.2 Å². The first-order valence-electron chi connectivity index (χ1n) is 9.44. The highest BCUT2D eigenvalue weighted by molar-refractivity contribution is 6.07. The van der Waals surface area contributed by atoms with E-state index in [4.69, 9.17) is 4.98 Å². The van der Waals surface area contributed by atoms with Gasteiger partial charge in [0.05, 0.1) is 11.1 Å². The van der Waals surface area contributed by atoms with Crippen molar-refractivity contribution in [2.75, 3.05) is 20.1 Å². The number of hydrogen-bond donors (Lipinski definition) is 1. The number of nitrogens with zero attached hydrogens (tertiary/aromatic N) is 2. The summed E-state index contributed by atoms with van der Waals surface area (Å²) in [5.41, 5.74) is 5.28. The minimum absolute atomic E-state index is 0.145. The summed E-state index contributed by atoms with van der Waals surface area (Å²) in [4.78, 5) is 20.2. The highest BCUT2D eigenvalue weighted by Gasteiger charge is 2.29. The lowest BCUT2D eigenvalue weighted by Crippen LogP contribution is -2.44. The number of carbonyl (C=O) groups is 1. The van der Waals surface area contributed by atoms with E-state index in [1.807, 2.05) is 11.9 Å². The summed E-state index contributed by atoms with van der Waals surface area (Å²) in [7, 11) is 1.96. The predicted octanol–water partition coefficient (Wildman–Crippen LogP) is 3.55. The zero-order valence-electron chi connectivity index (χ0n) is 15.4. The van der Waals surface area contributed by atoms with Crippen LogP contribution in [0.25, 0.3) is 10.9 Å². The maximum Gasteiger partial charge on any atom is 0.254 e. The molecule has 4 nitrogen and oxygen atoms in total. The molecule has 2 heterocycles. The van der Waals surface area contributed by atoms with E-state index < -0.39 is 0 Å². The van der Waals surface area contributed by atoms with Crippen LogP contribution < -0.4 is 5.32 Å². The van der Waals surface area contributed by atoms with E-state index in [-0.39, 0.29) is 5.91 Å². The first kappa shape index (κ1) is 16.5. The minimum atomic E-state index is 0.145. The van der Waals surface area contributed by atoms with Gasteiger partial charge in [-0.05, 0) is 70.3 Å². The van der Waals surface area contributed by atoms with Gasteiger partial charge in [0.25, 0.3) is 5.91 Å². The van der Waals surface area contributed by atoms with Crippen molar-refractivity contribution in [1.82, 2.24) is 15.2 Å². The number of benzene rings is 1. The Morgan fingerprint density at radius 2 is 1.84 bits per heavy atom. The van der Waals surface area contributed by atoms with E-state index in [0.29, 0.717) is 12.0 Å². The van der Waals surface area contributed by atoms with E-state index in [9.17, 15) is 4.79 Å². The number of rotatable bonds is 3. The van der Waals surface area contributed by atoms with Gasteiger partial charge in [0.15, 0.2) is 0 Å². The number of hydrogen-bond acceptors (Lipinski definition) is 3. The zero-order valence-corrected chi connectivity index (χ0v) is 15.4. The van der Waals surface area contributed by atoms with E-state index in [2.05, 4.69) is 37.4 Å². The Bertz CT molecular complexity index is 819. The molecule has 0 spiro atoms. The van der Waals surface area contributed by atoms with E-state index in [1.54, 1.807) is 0 Å². The lowest BCUT2D eigenvalue weighted by molar-refractivity contribution is 0.0705. The van der Waals surface area contributed by atoms with Gasteiger partial charge in [0.1, 0.15) is 0 Å². The summed E-state index contributed by atoms with van der Waals surface area (Å²) in [5, 5.41) is 4.38. The van der Waals surface area contributed by atoms with Crippen LogP contribution >= 0.6 is 0 Å². The monoisotopic (exact) mass is 337 g/mol. The quantitative estimate of drug-likeness (QED) is 0.931. The minimum Gasteiger partial charge on any atom is -0.339 e. The summed E-state index contributed by atoms with van der Waals surface area (Å²) in [6, 6.07) is 6.68. The van der Waals surface area contributed by atoms with Gasteiger partial charge in [-0.15, -0.1) is 0 Å². The topological polar surface area (TPSA) is 45.2 Å². The molecule has 2 aromatic rings. The Balaban J connectivity index is 1.79. The Labute approximate surface area is 149 Å². The van der Waals surface area contributed by atoms with Gasteiger partial charge in [-0.25, -0.2) is 0 Å². The van der Waals surface area contributed by atoms with Crippen molar-refractivity contribution in [2.24, 2.45) is 0 Å². The first-order valence-corrected chi connectivity index (χ1v) is 9.44. The smallest absolute Gasteiger partial charge is 0.254 e. The van der Waals surface area contributed by atoms with Crippen LogP contribution in [0.4, 0.5) is 0 Å². The third-order valence-corrected chi connectivity index (χ3v) is 5.67. The van der Waals surface area contributed by atoms with Crippen LogP contribution in [0.15, 0.2) is 18.2 Å². The Hall–Kier alpha value is -1.94. The molecule has 0 unspecified atom stereocenters. The number of fused-ring (bicyclic) bond motifs is 1. The molecule has 1 aromatic heterocycles. The van der Waals surface area contributed by atoms with Crippen molar-refractivity contribution in [3.8, 4) is 0 Å². The van der Waals surface area contributed by atoms with Crippen LogP contribution in [-0.2, 0) is 0 Å². The molecule has 0 radical (unpaired) electrons. The van der Waals surface area contributed by atoms with Gasteiger partial charge in [0, 0.05) is 30.1 Å². The molecule has 1 saturated carbocycles. The molecular weight excluding hydrogens is 310 g/mol. The Morgan fingerprint density at radius 1 is 1.12 bits per heavy atom. The molecule has 4 rings (SSSR count). The number of aryl methyl sites for hydroxylation is 2. The maximum atomic E-state index is 13.4. The summed E-state index contributed by atoms with van der Waals surface area (Å²) < 4.78 is 0. The van der Waals surface area contributed by atoms with Crippen molar-refractivity contribution < 1.29 is 4.79 Å². The zero-order chi connectivity index (χ0) is 17.6. The largest absolute Gasteiger partial charge is 0.339 e. The highest BCUT2D eigenvalue weighted by Crippen LogP contribution is 2.40. The first-order chi connectivity index (χ1) is 12.0. The molecule has 1 aromatic carbocycles. The van der Waals surface area contributed by atoms with Gasteiger partial charge in [0.2, 0.25) is 0 Å². The fourth-order valence-corrected chi connectivity index (χ4v) is 4.02. The molecule has 2 fully saturated rings. The molecule has 2 aliphatic rings. The molecule has 0 bridgehead atoms. The second kappa shape index (κ2) is 6.41. The average molecular weight is 337 g/mol. The number of aromatic nitrogens is 1. The fourth-order valence-electron chi connectivity index (χ4n) is 4.02. The van der Waals surface area contributed by atoms with Crippen molar-refractivity contribution in [1.29, 1.82) is 0 Å². The normalized spacial score (nSPS) is 18.5. The van der Waals surface area contributed by atoms with Crippen molar-refractivity contribution in [3.05, 3.63) is 40.6 Å². The molecule has 1 amide bonds. The second-order valence-corrected chi connectivity index (χ2v) is 7.74. The van der Waals surface area contributed by atoms with Gasteiger partial charge in [-0.1, -0.05) is 11.6 Å². The molecule has 1 aliphatic carbocycles. The molecule has 25 heavy (non-hydrogen) atoms. The molecule has 132 valence electrons. The van der Waals surface area contributed by atoms with Crippen molar-refractivity contribution in [2.45, 2.75) is 51.5 Å². The second-order valence-electron chi connectivity index (χ2n) is 7.74. The van der Waals surface area contributed by atoms with Crippen LogP contribution in [-0.4, -0.2) is 42.0 Å². The third-order valence-electron chi connectivity index (χ3n) is 5.67. The van der Waals surface area contributed by atoms with Crippen molar-refractivity contribution in [3.63, 3.8) is 0 Å². The predicted molar refractivity (Wildman–Crippen MR) is 101 cm³/mol. The lowest BCUT2D eigenvalue weighted by atomic mass is 9.98. The van der Waals surface area contributed by atoms with Crippen LogP contribution in [0, 0.1) is 13.8 Å². The van der Waals surface area contributed by atoms with E-state index in [1.165, 1.54) is 18.4 Å². The summed E-state index contributed by atoms with van der Waals surface area (Å²) >= 11 is 0. The third kappa shape index (κ3) is 3.15. The SMILES string of the molecule is Cc1cc(C)c2nc(C3CC3)cc(C(=O)N(C)C3CCNCC3)c2c1. The molecular formula is C21H27N3O. The molecule has 1 aliphatic heterocycles. The fraction of sp³-hybridized carbons (Fsp3) is 0.524. The Morgan fingerprint density at radius 3 is 2.52 bits per heavy atom. The van der Waals surface area contributed by atoms with Crippen molar-refractivity contribution >= 4 is 16.8 Å². The van der Waals surface area contributed by atoms with Gasteiger partial charge in [-0.3, -0.25) is 9.78 Å². The summed E-state index contributed by atoms with van der Waals surface area (Å²) in [6.07, 6.45) is 4.44. The average Bonchev–Trinajstić information content (AvgIpc) is 3.45. The molecule has 0 atom stereocenters. The standard InChI is InChI=1S/C21H27N3O/c1-13-10-14(2)20-17(11-13)18(12-19(23-20)15-4-5-15)21(25)24(3)16-6-8-22-9-7-16/h10-12,15-16,22H,4-9H2,1-3H3. The number of pyridine rings is 1. The van der Waals surface area contributed by atoms with Crippen LogP contribution in [0.5, 0.6) is 0 Å². The molecule has 1 saturated heterocycles. The summed E-state index contributed by atoms with van der Waals surface area (Å²) in [5.74, 6) is 0.687. The van der Waals surface area contributed by atoms with Crippen LogP contribution in [0.3, 0.4) is 0 Å². The number of amides is 1. The maximum absolute atomic E-state index is 13.4. The summed E-state index contributed by atoms with van der Waals surface area (Å²) in [6.45, 7) is 6.17. The molecule has 4 heteroatoms. The van der Waals surface area contributed by atoms with E-state index >= 15 is 0 Å². The van der Waals surface area contributed by atoms with E-state index in [0.717, 1.165) is 53.7 Å². The van der Waals surface area contributed by atoms with Gasteiger partial charge >= 0.3 is 0 Å². The Kier molecular flexibility index (Phi) is 4.24. The number of carbonyl (C=O) groups excluding carboxylic acids is 1. The lowest BCUT2D eigenvalue weighted by Gasteiger charge is -2.32.